The van der Waals surface area contributed by atoms with Crippen molar-refractivity contribution in [1.82, 2.24) is 10.6 Å². The Kier molecular flexibility index (Phi) is 22.1. The van der Waals surface area contributed by atoms with Crippen LogP contribution in [0.3, 0.4) is 0 Å². The topological polar surface area (TPSA) is 159 Å². The molecule has 9 nitrogen and oxygen atoms in total. The number of aliphatic hydroxyl groups excluding tert-OH is 1. The molecule has 0 aromatic heterocycles. The van der Waals surface area contributed by atoms with Crippen molar-refractivity contribution in [3.63, 3.8) is 0 Å². The molecule has 0 aliphatic rings. The quantitative estimate of drug-likeness (QED) is 0.0786. The average Bonchev–Trinajstić information content (AvgIpc) is 2.84. The van der Waals surface area contributed by atoms with Crippen molar-refractivity contribution < 1.29 is 29.4 Å². The molecule has 0 saturated carbocycles. The van der Waals surface area contributed by atoms with Crippen molar-refractivity contribution in [3.05, 3.63) is 12.3 Å². The molecule has 0 radical (unpaired) electrons. The summed E-state index contributed by atoms with van der Waals surface area (Å²) in [6, 6.07) is -1.10. The van der Waals surface area contributed by atoms with E-state index in [9.17, 15) is 24.3 Å². The van der Waals surface area contributed by atoms with Gasteiger partial charge in [-0.25, -0.2) is 4.79 Å². The Morgan fingerprint density at radius 2 is 1.03 bits per heavy atom. The Morgan fingerprint density at radius 1 is 0.622 bits per heavy atom. The number of carboxylic acids is 1. The van der Waals surface area contributed by atoms with Crippen molar-refractivity contribution in [2.45, 2.75) is 134 Å². The zero-order valence-corrected chi connectivity index (χ0v) is 22.7. The molecule has 214 valence electrons. The Hall–Kier alpha value is -2.58. The molecule has 37 heavy (non-hydrogen) atoms. The van der Waals surface area contributed by atoms with Crippen molar-refractivity contribution >= 4 is 23.7 Å². The van der Waals surface area contributed by atoms with Crippen LogP contribution in [0.5, 0.6) is 0 Å². The smallest absolute Gasteiger partial charge is 0.326 e. The fourth-order valence-electron chi connectivity index (χ4n) is 4.15. The van der Waals surface area contributed by atoms with Crippen LogP contribution in [0, 0.1) is 0 Å². The summed E-state index contributed by atoms with van der Waals surface area (Å²) in [6.45, 7) is 3.18. The number of carboxylic acid groups (broad SMARTS) is 1. The molecule has 0 bridgehead atoms. The highest BCUT2D eigenvalue weighted by molar-refractivity contribution is 5.84. The van der Waals surface area contributed by atoms with Gasteiger partial charge in [0.2, 0.25) is 17.7 Å². The number of carbonyl (C=O) groups is 4. The van der Waals surface area contributed by atoms with Gasteiger partial charge in [-0.05, 0) is 19.3 Å². The number of rotatable bonds is 26. The SMILES string of the molecule is C=C(O)CNC(=O)CC[C@H](NC(=O)CCCCCCCCCCCCCCCCCCC(N)=O)C(=O)O. The van der Waals surface area contributed by atoms with Crippen LogP contribution in [0.1, 0.15) is 128 Å². The Labute approximate surface area is 223 Å². The third kappa shape index (κ3) is 24.9. The van der Waals surface area contributed by atoms with E-state index in [1.807, 2.05) is 0 Å². The summed E-state index contributed by atoms with van der Waals surface area (Å²) in [4.78, 5) is 45.7. The molecule has 0 saturated heterocycles. The summed E-state index contributed by atoms with van der Waals surface area (Å²) in [6.07, 6.45) is 19.3. The van der Waals surface area contributed by atoms with Crippen LogP contribution in [0.15, 0.2) is 12.3 Å². The van der Waals surface area contributed by atoms with Crippen LogP contribution in [-0.4, -0.2) is 46.5 Å². The molecule has 0 aliphatic heterocycles. The molecule has 0 rings (SSSR count). The van der Waals surface area contributed by atoms with Gasteiger partial charge in [0, 0.05) is 19.3 Å². The Bertz CT molecular complexity index is 668. The summed E-state index contributed by atoms with van der Waals surface area (Å²) in [5.41, 5.74) is 5.13. The highest BCUT2D eigenvalue weighted by Crippen LogP contribution is 2.14. The van der Waals surface area contributed by atoms with Crippen molar-refractivity contribution in [1.29, 1.82) is 0 Å². The number of amides is 3. The van der Waals surface area contributed by atoms with Gasteiger partial charge in [-0.2, -0.15) is 0 Å². The summed E-state index contributed by atoms with van der Waals surface area (Å²) in [5.74, 6) is -2.25. The van der Waals surface area contributed by atoms with Gasteiger partial charge in [-0.1, -0.05) is 96.5 Å². The number of aliphatic carboxylic acids is 1. The molecule has 0 unspecified atom stereocenters. The minimum Gasteiger partial charge on any atom is -0.511 e. The van der Waals surface area contributed by atoms with Gasteiger partial charge in [0.15, 0.2) is 0 Å². The second-order valence-corrected chi connectivity index (χ2v) is 9.96. The number of carbonyl (C=O) groups excluding carboxylic acids is 3. The minimum atomic E-state index is -1.17. The summed E-state index contributed by atoms with van der Waals surface area (Å²) in [5, 5.41) is 23.2. The molecule has 0 aromatic carbocycles. The summed E-state index contributed by atoms with van der Waals surface area (Å²) in [7, 11) is 0. The minimum absolute atomic E-state index is 0.00943. The number of hydrogen-bond acceptors (Lipinski definition) is 5. The lowest BCUT2D eigenvalue weighted by molar-refractivity contribution is -0.142. The molecule has 6 N–H and O–H groups in total. The highest BCUT2D eigenvalue weighted by Gasteiger charge is 2.20. The molecule has 0 heterocycles. The molecule has 1 atom stereocenters. The normalized spacial score (nSPS) is 11.6. The molecular weight excluding hydrogens is 474 g/mol. The number of hydrogen-bond donors (Lipinski definition) is 5. The lowest BCUT2D eigenvalue weighted by atomic mass is 10.0. The largest absolute Gasteiger partial charge is 0.511 e. The zero-order chi connectivity index (χ0) is 27.7. The molecule has 9 heteroatoms. The van der Waals surface area contributed by atoms with Gasteiger partial charge in [0.05, 0.1) is 6.54 Å². The third-order valence-electron chi connectivity index (χ3n) is 6.36. The lowest BCUT2D eigenvalue weighted by Gasteiger charge is -2.14. The first-order chi connectivity index (χ1) is 17.7. The fourth-order valence-corrected chi connectivity index (χ4v) is 4.15. The van der Waals surface area contributed by atoms with Gasteiger partial charge in [0.1, 0.15) is 11.8 Å². The zero-order valence-electron chi connectivity index (χ0n) is 22.7. The second kappa shape index (κ2) is 23.8. The molecule has 0 aliphatic carbocycles. The number of primary amides is 1. The van der Waals surface area contributed by atoms with Crippen LogP contribution in [-0.2, 0) is 19.2 Å². The molecular formula is C28H51N3O6. The van der Waals surface area contributed by atoms with Gasteiger partial charge in [0.25, 0.3) is 0 Å². The highest BCUT2D eigenvalue weighted by atomic mass is 16.4. The van der Waals surface area contributed by atoms with E-state index >= 15 is 0 Å². The van der Waals surface area contributed by atoms with E-state index in [-0.39, 0.29) is 43.4 Å². The van der Waals surface area contributed by atoms with E-state index in [0.717, 1.165) is 38.5 Å². The molecule has 3 amide bonds. The maximum atomic E-state index is 12.1. The van der Waals surface area contributed by atoms with Crippen LogP contribution < -0.4 is 16.4 Å². The van der Waals surface area contributed by atoms with E-state index in [1.165, 1.54) is 64.2 Å². The first-order valence-corrected chi connectivity index (χ1v) is 14.2. The van der Waals surface area contributed by atoms with E-state index in [4.69, 9.17) is 10.8 Å². The predicted molar refractivity (Wildman–Crippen MR) is 146 cm³/mol. The first-order valence-electron chi connectivity index (χ1n) is 14.2. The number of nitrogens with one attached hydrogen (secondary N) is 2. The number of unbranched alkanes of at least 4 members (excludes halogenated alkanes) is 15. The van der Waals surface area contributed by atoms with Gasteiger partial charge in [-0.3, -0.25) is 14.4 Å². The Balaban J connectivity index is 3.55. The first kappa shape index (κ1) is 34.4. The van der Waals surface area contributed by atoms with E-state index in [1.54, 1.807) is 0 Å². The maximum absolute atomic E-state index is 12.1. The molecule has 0 aromatic rings. The van der Waals surface area contributed by atoms with E-state index < -0.39 is 17.9 Å². The summed E-state index contributed by atoms with van der Waals surface area (Å²) < 4.78 is 0. The van der Waals surface area contributed by atoms with Gasteiger partial charge < -0.3 is 26.6 Å². The van der Waals surface area contributed by atoms with E-state index in [2.05, 4.69) is 17.2 Å². The standard InChI is InChI=1S/C28H51N3O6/c1-23(32)22-30-26(34)21-20-24(28(36)37)31-27(35)19-17-15-13-11-9-7-5-3-2-4-6-8-10-12-14-16-18-25(29)33/h24,32H,1-22H2,(H2,29,33)(H,30,34)(H,31,35)(H,36,37)/t24-/m0/s1. The monoisotopic (exact) mass is 525 g/mol. The van der Waals surface area contributed by atoms with Crippen LogP contribution in [0.4, 0.5) is 0 Å². The molecule has 0 fully saturated rings. The predicted octanol–water partition coefficient (Wildman–Crippen LogP) is 5.03. The number of aliphatic hydroxyl groups is 1. The lowest BCUT2D eigenvalue weighted by Crippen LogP contribution is -2.41. The van der Waals surface area contributed by atoms with Gasteiger partial charge >= 0.3 is 5.97 Å². The van der Waals surface area contributed by atoms with Crippen molar-refractivity contribution in [2.75, 3.05) is 6.54 Å². The van der Waals surface area contributed by atoms with E-state index in [0.29, 0.717) is 6.42 Å². The molecule has 0 spiro atoms. The van der Waals surface area contributed by atoms with Crippen molar-refractivity contribution in [3.8, 4) is 0 Å². The second-order valence-electron chi connectivity index (χ2n) is 9.96. The summed E-state index contributed by atoms with van der Waals surface area (Å²) >= 11 is 0. The fraction of sp³-hybridized carbons (Fsp3) is 0.786. The van der Waals surface area contributed by atoms with Crippen molar-refractivity contribution in [2.24, 2.45) is 5.73 Å². The number of nitrogens with two attached hydrogens (primary N) is 1. The van der Waals surface area contributed by atoms with Crippen LogP contribution in [0.2, 0.25) is 0 Å². The van der Waals surface area contributed by atoms with Gasteiger partial charge in [-0.15, -0.1) is 0 Å². The van der Waals surface area contributed by atoms with Crippen LogP contribution in [0.25, 0.3) is 0 Å². The Morgan fingerprint density at radius 3 is 1.41 bits per heavy atom. The van der Waals surface area contributed by atoms with Crippen LogP contribution >= 0.6 is 0 Å². The maximum Gasteiger partial charge on any atom is 0.326 e. The third-order valence-corrected chi connectivity index (χ3v) is 6.36. The average molecular weight is 526 g/mol.